The van der Waals surface area contributed by atoms with Crippen LogP contribution in [0.1, 0.15) is 10.4 Å². The monoisotopic (exact) mass is 359 g/mol. The lowest BCUT2D eigenvalue weighted by Gasteiger charge is -2.09. The molecule has 0 aliphatic rings. The van der Waals surface area contributed by atoms with Gasteiger partial charge < -0.3 is 14.6 Å². The molecule has 25 heavy (non-hydrogen) atoms. The van der Waals surface area contributed by atoms with Crippen LogP contribution in [0.5, 0.6) is 11.5 Å². The molecule has 0 unspecified atom stereocenters. The highest BCUT2D eigenvalue weighted by Crippen LogP contribution is 2.26. The third-order valence-corrected chi connectivity index (χ3v) is 3.83. The predicted molar refractivity (Wildman–Crippen MR) is 92.2 cm³/mol. The Bertz CT molecular complexity index is 1040. The summed E-state index contributed by atoms with van der Waals surface area (Å²) in [5.74, 6) is -0.775. The topological polar surface area (TPSA) is 113 Å². The largest absolute Gasteiger partial charge is 0.507 e. The molecule has 0 aliphatic heterocycles. The first-order valence-corrected chi connectivity index (χ1v) is 8.48. The van der Waals surface area contributed by atoms with E-state index in [-0.39, 0.29) is 17.1 Å². The number of benzene rings is 3. The molecule has 0 aromatic heterocycles. The number of carbonyl (C=O) groups excluding carboxylic acids is 1. The molecular formula is C17H13NO6S. The van der Waals surface area contributed by atoms with Crippen molar-refractivity contribution in [3.63, 3.8) is 0 Å². The molecule has 8 heteroatoms. The summed E-state index contributed by atoms with van der Waals surface area (Å²) in [5, 5.41) is 14.3. The summed E-state index contributed by atoms with van der Waals surface area (Å²) in [6.07, 6.45) is 0. The van der Waals surface area contributed by atoms with E-state index < -0.39 is 16.3 Å². The highest BCUT2D eigenvalue weighted by Gasteiger charge is 2.13. The SMILES string of the molecule is O=C(Nc1ccc(OS(=O)(=O)O)cc1)c1cc2ccccc2cc1O. The summed E-state index contributed by atoms with van der Waals surface area (Å²) in [7, 11) is -4.60. The number of amides is 1. The highest BCUT2D eigenvalue weighted by atomic mass is 32.3. The van der Waals surface area contributed by atoms with Crippen LogP contribution >= 0.6 is 0 Å². The van der Waals surface area contributed by atoms with E-state index in [9.17, 15) is 18.3 Å². The zero-order chi connectivity index (χ0) is 18.0. The number of anilines is 1. The molecule has 7 nitrogen and oxygen atoms in total. The van der Waals surface area contributed by atoms with E-state index >= 15 is 0 Å². The minimum absolute atomic E-state index is 0.103. The molecule has 3 rings (SSSR count). The first kappa shape index (κ1) is 16.7. The van der Waals surface area contributed by atoms with Gasteiger partial charge in [0.25, 0.3) is 5.91 Å². The van der Waals surface area contributed by atoms with E-state index in [1.54, 1.807) is 6.07 Å². The van der Waals surface area contributed by atoms with Crippen molar-refractivity contribution in [1.29, 1.82) is 0 Å². The smallest absolute Gasteiger partial charge is 0.446 e. The zero-order valence-corrected chi connectivity index (χ0v) is 13.5. The Morgan fingerprint density at radius 1 is 0.960 bits per heavy atom. The molecule has 0 atom stereocenters. The predicted octanol–water partition coefficient (Wildman–Crippen LogP) is 2.98. The Morgan fingerprint density at radius 2 is 1.56 bits per heavy atom. The summed E-state index contributed by atoms with van der Waals surface area (Å²) in [6, 6.07) is 15.7. The number of hydrogen-bond donors (Lipinski definition) is 3. The van der Waals surface area contributed by atoms with E-state index in [0.29, 0.717) is 5.69 Å². The van der Waals surface area contributed by atoms with Crippen LogP contribution in [0.2, 0.25) is 0 Å². The third-order valence-electron chi connectivity index (χ3n) is 3.42. The van der Waals surface area contributed by atoms with Gasteiger partial charge in [0.15, 0.2) is 0 Å². The normalized spacial score (nSPS) is 11.2. The van der Waals surface area contributed by atoms with Crippen LogP contribution in [0.4, 0.5) is 5.69 Å². The van der Waals surface area contributed by atoms with Crippen molar-refractivity contribution in [3.05, 3.63) is 66.2 Å². The lowest BCUT2D eigenvalue weighted by molar-refractivity contribution is 0.102. The molecule has 0 fully saturated rings. The molecule has 3 N–H and O–H groups in total. The van der Waals surface area contributed by atoms with Crippen molar-refractivity contribution in [2.24, 2.45) is 0 Å². The Morgan fingerprint density at radius 3 is 2.16 bits per heavy atom. The van der Waals surface area contributed by atoms with Crippen molar-refractivity contribution in [1.82, 2.24) is 0 Å². The van der Waals surface area contributed by atoms with Crippen molar-refractivity contribution >= 4 is 32.8 Å². The van der Waals surface area contributed by atoms with E-state index in [1.807, 2.05) is 24.3 Å². The molecule has 0 saturated carbocycles. The minimum atomic E-state index is -4.60. The lowest BCUT2D eigenvalue weighted by Crippen LogP contribution is -2.12. The second-order valence-corrected chi connectivity index (χ2v) is 6.23. The van der Waals surface area contributed by atoms with Gasteiger partial charge in [-0.05, 0) is 47.2 Å². The summed E-state index contributed by atoms with van der Waals surface area (Å²) in [6.45, 7) is 0. The van der Waals surface area contributed by atoms with E-state index in [2.05, 4.69) is 9.50 Å². The van der Waals surface area contributed by atoms with Crippen LogP contribution in [0.25, 0.3) is 10.8 Å². The van der Waals surface area contributed by atoms with Crippen molar-refractivity contribution < 1.29 is 27.1 Å². The minimum Gasteiger partial charge on any atom is -0.507 e. The summed E-state index contributed by atoms with van der Waals surface area (Å²) in [5.41, 5.74) is 0.470. The second kappa shape index (κ2) is 6.42. The fraction of sp³-hybridized carbons (Fsp3) is 0. The third kappa shape index (κ3) is 4.06. The number of fused-ring (bicyclic) bond motifs is 1. The van der Waals surface area contributed by atoms with Gasteiger partial charge in [-0.2, -0.15) is 8.42 Å². The first-order valence-electron chi connectivity index (χ1n) is 7.12. The lowest BCUT2D eigenvalue weighted by atomic mass is 10.1. The van der Waals surface area contributed by atoms with Crippen LogP contribution in [0.15, 0.2) is 60.7 Å². The maximum atomic E-state index is 12.4. The average molecular weight is 359 g/mol. The molecule has 0 spiro atoms. The Labute approximate surface area is 143 Å². The molecule has 0 heterocycles. The van der Waals surface area contributed by atoms with Gasteiger partial charge in [0.1, 0.15) is 11.5 Å². The fourth-order valence-corrected chi connectivity index (χ4v) is 2.68. The Hall–Kier alpha value is -3.10. The molecule has 3 aromatic carbocycles. The maximum absolute atomic E-state index is 12.4. The molecule has 1 amide bonds. The standard InChI is InChI=1S/C17H13NO6S/c19-16-10-12-4-2-1-3-11(12)9-15(16)17(20)18-13-5-7-14(8-6-13)24-25(21,22)23/h1-10,19H,(H,18,20)(H,21,22,23). The van der Waals surface area contributed by atoms with Gasteiger partial charge in [-0.3, -0.25) is 9.35 Å². The van der Waals surface area contributed by atoms with Gasteiger partial charge in [-0.1, -0.05) is 24.3 Å². The van der Waals surface area contributed by atoms with Gasteiger partial charge in [-0.25, -0.2) is 0 Å². The maximum Gasteiger partial charge on any atom is 0.446 e. The van der Waals surface area contributed by atoms with Crippen LogP contribution in [-0.4, -0.2) is 24.0 Å². The van der Waals surface area contributed by atoms with Crippen molar-refractivity contribution in [3.8, 4) is 11.5 Å². The van der Waals surface area contributed by atoms with Crippen LogP contribution in [-0.2, 0) is 10.4 Å². The number of phenolic OH excluding ortho intramolecular Hbond substituents is 1. The number of carbonyl (C=O) groups is 1. The number of nitrogens with one attached hydrogen (secondary N) is 1. The van der Waals surface area contributed by atoms with E-state index in [0.717, 1.165) is 10.8 Å². The summed E-state index contributed by atoms with van der Waals surface area (Å²) < 4.78 is 34.2. The van der Waals surface area contributed by atoms with E-state index in [4.69, 9.17) is 4.55 Å². The van der Waals surface area contributed by atoms with Gasteiger partial charge in [0.05, 0.1) is 5.56 Å². The molecule has 0 radical (unpaired) electrons. The fourth-order valence-electron chi connectivity index (χ4n) is 2.32. The van der Waals surface area contributed by atoms with Crippen LogP contribution < -0.4 is 9.50 Å². The number of hydrogen-bond acceptors (Lipinski definition) is 5. The number of phenols is 1. The van der Waals surface area contributed by atoms with Crippen molar-refractivity contribution in [2.45, 2.75) is 0 Å². The summed E-state index contributed by atoms with van der Waals surface area (Å²) in [4.78, 5) is 12.4. The molecular weight excluding hydrogens is 346 g/mol. The molecule has 3 aromatic rings. The van der Waals surface area contributed by atoms with Gasteiger partial charge in [-0.15, -0.1) is 0 Å². The molecule has 0 aliphatic carbocycles. The second-order valence-electron chi connectivity index (χ2n) is 5.21. The van der Waals surface area contributed by atoms with Gasteiger partial charge in [0.2, 0.25) is 0 Å². The van der Waals surface area contributed by atoms with Crippen molar-refractivity contribution in [2.75, 3.05) is 5.32 Å². The molecule has 0 saturated heterocycles. The average Bonchev–Trinajstić information content (AvgIpc) is 2.54. The molecule has 0 bridgehead atoms. The zero-order valence-electron chi connectivity index (χ0n) is 12.7. The number of aromatic hydroxyl groups is 1. The Kier molecular flexibility index (Phi) is 4.30. The Balaban J connectivity index is 1.81. The van der Waals surface area contributed by atoms with Gasteiger partial charge >= 0.3 is 10.4 Å². The van der Waals surface area contributed by atoms with Crippen LogP contribution in [0, 0.1) is 0 Å². The van der Waals surface area contributed by atoms with Gasteiger partial charge in [0, 0.05) is 5.69 Å². The first-order chi connectivity index (χ1) is 11.8. The summed E-state index contributed by atoms with van der Waals surface area (Å²) >= 11 is 0. The van der Waals surface area contributed by atoms with Crippen LogP contribution in [0.3, 0.4) is 0 Å². The number of rotatable bonds is 4. The highest BCUT2D eigenvalue weighted by molar-refractivity contribution is 7.81. The quantitative estimate of drug-likeness (QED) is 0.617. The molecule has 128 valence electrons. The van der Waals surface area contributed by atoms with E-state index in [1.165, 1.54) is 30.3 Å².